The largest absolute Gasteiger partial charge is 0.497 e. The topological polar surface area (TPSA) is 71.8 Å². The third-order valence-electron chi connectivity index (χ3n) is 5.70. The van der Waals surface area contributed by atoms with Crippen LogP contribution < -0.4 is 10.1 Å². The van der Waals surface area contributed by atoms with E-state index in [1.165, 1.54) is 0 Å². The third kappa shape index (κ3) is 4.85. The summed E-state index contributed by atoms with van der Waals surface area (Å²) in [6.07, 6.45) is 3.11. The van der Waals surface area contributed by atoms with Crippen LogP contribution in [-0.4, -0.2) is 30.4 Å². The first-order valence-corrected chi connectivity index (χ1v) is 11.0. The van der Waals surface area contributed by atoms with Crippen molar-refractivity contribution in [2.24, 2.45) is 0 Å². The fourth-order valence-corrected chi connectivity index (χ4v) is 3.84. The Kier molecular flexibility index (Phi) is 6.59. The fraction of sp³-hybridized carbons (Fsp3) is 0.308. The molecule has 2 amide bonds. The van der Waals surface area contributed by atoms with E-state index in [0.717, 1.165) is 46.9 Å². The van der Waals surface area contributed by atoms with E-state index in [2.05, 4.69) is 12.2 Å². The van der Waals surface area contributed by atoms with Crippen LogP contribution in [0.3, 0.4) is 0 Å². The smallest absolute Gasteiger partial charge is 0.254 e. The molecule has 0 saturated heterocycles. The van der Waals surface area contributed by atoms with Crippen LogP contribution in [0.4, 0.5) is 5.69 Å². The number of rotatable bonds is 7. The van der Waals surface area contributed by atoms with Gasteiger partial charge in [-0.15, -0.1) is 0 Å². The molecular formula is C26H28N2O4. The van der Waals surface area contributed by atoms with Gasteiger partial charge in [0.05, 0.1) is 7.11 Å². The maximum Gasteiger partial charge on any atom is 0.254 e. The molecule has 2 heterocycles. The predicted molar refractivity (Wildman–Crippen MR) is 124 cm³/mol. The van der Waals surface area contributed by atoms with E-state index in [-0.39, 0.29) is 11.8 Å². The van der Waals surface area contributed by atoms with Gasteiger partial charge in [0.1, 0.15) is 17.3 Å². The van der Waals surface area contributed by atoms with Gasteiger partial charge in [0.2, 0.25) is 5.91 Å². The molecule has 0 bridgehead atoms. The highest BCUT2D eigenvalue weighted by atomic mass is 16.5. The normalized spacial score (nSPS) is 12.9. The highest BCUT2D eigenvalue weighted by molar-refractivity contribution is 5.94. The number of anilines is 1. The van der Waals surface area contributed by atoms with Crippen LogP contribution in [0.2, 0.25) is 0 Å². The molecule has 0 radical (unpaired) electrons. The van der Waals surface area contributed by atoms with Gasteiger partial charge in [-0.05, 0) is 61.0 Å². The zero-order valence-electron chi connectivity index (χ0n) is 18.5. The summed E-state index contributed by atoms with van der Waals surface area (Å²) in [4.78, 5) is 26.7. The lowest BCUT2D eigenvalue weighted by atomic mass is 10.1. The zero-order valence-corrected chi connectivity index (χ0v) is 18.5. The molecule has 1 N–H and O–H groups in total. The average Bonchev–Trinajstić information content (AvgIpc) is 3.26. The van der Waals surface area contributed by atoms with Crippen molar-refractivity contribution in [1.29, 1.82) is 0 Å². The van der Waals surface area contributed by atoms with E-state index in [0.29, 0.717) is 31.5 Å². The number of fused-ring (bicyclic) bond motifs is 1. The van der Waals surface area contributed by atoms with Gasteiger partial charge in [-0.3, -0.25) is 9.59 Å². The van der Waals surface area contributed by atoms with Gasteiger partial charge < -0.3 is 19.4 Å². The number of methoxy groups -OCH3 is 1. The number of furan rings is 1. The molecular weight excluding hydrogens is 404 g/mol. The van der Waals surface area contributed by atoms with Crippen molar-refractivity contribution in [3.8, 4) is 17.1 Å². The minimum atomic E-state index is 0.00391. The number of ether oxygens (including phenoxy) is 1. The van der Waals surface area contributed by atoms with E-state index in [4.69, 9.17) is 9.15 Å². The van der Waals surface area contributed by atoms with Gasteiger partial charge >= 0.3 is 0 Å². The lowest BCUT2D eigenvalue weighted by Crippen LogP contribution is -2.35. The SMILES string of the molecule is CCCCC(=O)Nc1ccc(-c2cc3c(o2)CCN(C(=O)c2ccc(OC)cc2)C3)cc1. The molecule has 0 saturated carbocycles. The summed E-state index contributed by atoms with van der Waals surface area (Å²) in [5, 5.41) is 2.92. The Hall–Kier alpha value is -3.54. The second kappa shape index (κ2) is 9.73. The Labute approximate surface area is 188 Å². The Morgan fingerprint density at radius 1 is 1.09 bits per heavy atom. The molecule has 166 valence electrons. The third-order valence-corrected chi connectivity index (χ3v) is 5.70. The van der Waals surface area contributed by atoms with Crippen LogP contribution in [-0.2, 0) is 17.8 Å². The molecule has 0 spiro atoms. The van der Waals surface area contributed by atoms with Crippen LogP contribution in [0, 0.1) is 0 Å². The number of hydrogen-bond donors (Lipinski definition) is 1. The molecule has 1 aromatic heterocycles. The molecule has 32 heavy (non-hydrogen) atoms. The lowest BCUT2D eigenvalue weighted by Gasteiger charge is -2.26. The maximum absolute atomic E-state index is 12.9. The lowest BCUT2D eigenvalue weighted by molar-refractivity contribution is -0.116. The first kappa shape index (κ1) is 21.7. The Morgan fingerprint density at radius 2 is 1.84 bits per heavy atom. The van der Waals surface area contributed by atoms with Crippen molar-refractivity contribution in [2.45, 2.75) is 39.2 Å². The minimum Gasteiger partial charge on any atom is -0.497 e. The molecule has 1 aliphatic heterocycles. The summed E-state index contributed by atoms with van der Waals surface area (Å²) in [5.41, 5.74) is 3.40. The first-order valence-electron chi connectivity index (χ1n) is 11.0. The number of nitrogens with one attached hydrogen (secondary N) is 1. The van der Waals surface area contributed by atoms with Crippen LogP contribution in [0.15, 0.2) is 59.0 Å². The van der Waals surface area contributed by atoms with Crippen molar-refractivity contribution < 1.29 is 18.7 Å². The molecule has 1 aliphatic rings. The molecule has 4 rings (SSSR count). The quantitative estimate of drug-likeness (QED) is 0.551. The number of nitrogens with zero attached hydrogens (tertiary/aromatic N) is 1. The van der Waals surface area contributed by atoms with Crippen molar-refractivity contribution in [1.82, 2.24) is 4.90 Å². The monoisotopic (exact) mass is 432 g/mol. The van der Waals surface area contributed by atoms with Gasteiger partial charge in [-0.1, -0.05) is 13.3 Å². The Bertz CT molecular complexity index is 1080. The Morgan fingerprint density at radius 3 is 2.53 bits per heavy atom. The molecule has 3 aromatic rings. The van der Waals surface area contributed by atoms with Crippen LogP contribution in [0.25, 0.3) is 11.3 Å². The van der Waals surface area contributed by atoms with E-state index in [1.54, 1.807) is 31.4 Å². The van der Waals surface area contributed by atoms with E-state index in [9.17, 15) is 9.59 Å². The summed E-state index contributed by atoms with van der Waals surface area (Å²) in [6, 6.07) is 16.9. The predicted octanol–water partition coefficient (Wildman–Crippen LogP) is 5.28. The van der Waals surface area contributed by atoms with Gasteiger partial charge in [-0.25, -0.2) is 0 Å². The average molecular weight is 433 g/mol. The van der Waals surface area contributed by atoms with E-state index < -0.39 is 0 Å². The van der Waals surface area contributed by atoms with E-state index >= 15 is 0 Å². The van der Waals surface area contributed by atoms with Crippen molar-refractivity contribution >= 4 is 17.5 Å². The summed E-state index contributed by atoms with van der Waals surface area (Å²) < 4.78 is 11.3. The standard InChI is InChI=1S/C26H28N2O4/c1-3-4-5-25(29)27-21-10-6-18(7-11-21)24-16-20-17-28(15-14-23(20)32-24)26(30)19-8-12-22(31-2)13-9-19/h6-13,16H,3-5,14-15,17H2,1-2H3,(H,27,29). The molecule has 6 nitrogen and oxygen atoms in total. The molecule has 0 unspecified atom stereocenters. The van der Waals surface area contributed by atoms with Gasteiger partial charge in [0.15, 0.2) is 0 Å². The number of unbranched alkanes of at least 4 members (excludes halogenated alkanes) is 1. The second-order valence-corrected chi connectivity index (χ2v) is 7.99. The Balaban J connectivity index is 1.42. The van der Waals surface area contributed by atoms with Gasteiger partial charge in [0, 0.05) is 48.3 Å². The first-order chi connectivity index (χ1) is 15.6. The van der Waals surface area contributed by atoms with Crippen molar-refractivity contribution in [3.05, 3.63) is 71.5 Å². The summed E-state index contributed by atoms with van der Waals surface area (Å²) in [6.45, 7) is 3.21. The molecule has 6 heteroatoms. The maximum atomic E-state index is 12.9. The number of amides is 2. The number of benzene rings is 2. The van der Waals surface area contributed by atoms with Crippen molar-refractivity contribution in [2.75, 3.05) is 19.0 Å². The number of carbonyl (C=O) groups is 2. The zero-order chi connectivity index (χ0) is 22.5. The fourth-order valence-electron chi connectivity index (χ4n) is 3.84. The highest BCUT2D eigenvalue weighted by Crippen LogP contribution is 2.31. The molecule has 0 atom stereocenters. The number of hydrogen-bond acceptors (Lipinski definition) is 4. The summed E-state index contributed by atoms with van der Waals surface area (Å²) >= 11 is 0. The van der Waals surface area contributed by atoms with Crippen LogP contribution >= 0.6 is 0 Å². The summed E-state index contributed by atoms with van der Waals surface area (Å²) in [7, 11) is 1.61. The van der Waals surface area contributed by atoms with Crippen molar-refractivity contribution in [3.63, 3.8) is 0 Å². The van der Waals surface area contributed by atoms with Crippen LogP contribution in [0.5, 0.6) is 5.75 Å². The highest BCUT2D eigenvalue weighted by Gasteiger charge is 2.25. The van der Waals surface area contributed by atoms with Gasteiger partial charge in [0.25, 0.3) is 5.91 Å². The summed E-state index contributed by atoms with van der Waals surface area (Å²) in [5.74, 6) is 2.47. The van der Waals surface area contributed by atoms with Crippen LogP contribution in [0.1, 0.15) is 47.9 Å². The van der Waals surface area contributed by atoms with Gasteiger partial charge in [-0.2, -0.15) is 0 Å². The minimum absolute atomic E-state index is 0.00391. The molecule has 0 fully saturated rings. The number of carbonyl (C=O) groups excluding carboxylic acids is 2. The molecule has 2 aromatic carbocycles. The van der Waals surface area contributed by atoms with E-state index in [1.807, 2.05) is 35.2 Å². The second-order valence-electron chi connectivity index (χ2n) is 7.99. The molecule has 0 aliphatic carbocycles.